The van der Waals surface area contributed by atoms with Crippen LogP contribution >= 0.6 is 31.9 Å². The lowest BCUT2D eigenvalue weighted by atomic mass is 10.3. The highest BCUT2D eigenvalue weighted by Crippen LogP contribution is 2.28. The quantitative estimate of drug-likeness (QED) is 0.792. The van der Waals surface area contributed by atoms with Crippen molar-refractivity contribution in [2.24, 2.45) is 0 Å². The predicted octanol–water partition coefficient (Wildman–Crippen LogP) is 3.13. The Morgan fingerprint density at radius 3 is 2.65 bits per heavy atom. The van der Waals surface area contributed by atoms with Gasteiger partial charge in [-0.1, -0.05) is 0 Å². The zero-order valence-electron chi connectivity index (χ0n) is 9.77. The Kier molecular flexibility index (Phi) is 4.31. The van der Waals surface area contributed by atoms with E-state index in [-0.39, 0.29) is 16.4 Å². The van der Waals surface area contributed by atoms with Gasteiger partial charge in [0.25, 0.3) is 10.0 Å². The lowest BCUT2D eigenvalue weighted by Gasteiger charge is -2.11. The number of halogens is 3. The number of hydrogen-bond acceptors (Lipinski definition) is 4. The van der Waals surface area contributed by atoms with Gasteiger partial charge in [0, 0.05) is 15.1 Å². The Bertz CT molecular complexity index is 768. The minimum absolute atomic E-state index is 0.0735. The maximum absolute atomic E-state index is 13.2. The molecule has 0 saturated carbocycles. The molecule has 0 unspecified atom stereocenters. The zero-order valence-corrected chi connectivity index (χ0v) is 13.8. The summed E-state index contributed by atoms with van der Waals surface area (Å²) in [5, 5.41) is 0. The first-order valence-corrected chi connectivity index (χ1v) is 8.25. The van der Waals surface area contributed by atoms with Gasteiger partial charge < -0.3 is 5.73 Å². The number of rotatable bonds is 3. The summed E-state index contributed by atoms with van der Waals surface area (Å²) in [4.78, 5) is 3.56. The van der Waals surface area contributed by atoms with E-state index in [1.165, 1.54) is 24.4 Å². The highest BCUT2D eigenvalue weighted by atomic mass is 79.9. The minimum Gasteiger partial charge on any atom is -0.383 e. The molecule has 0 saturated heterocycles. The van der Waals surface area contributed by atoms with E-state index >= 15 is 0 Å². The number of nitrogens with one attached hydrogen (secondary N) is 1. The molecule has 0 aliphatic carbocycles. The first-order chi connectivity index (χ1) is 9.29. The molecular weight excluding hydrogens is 417 g/mol. The Morgan fingerprint density at radius 2 is 1.95 bits per heavy atom. The summed E-state index contributed by atoms with van der Waals surface area (Å²) >= 11 is 6.26. The van der Waals surface area contributed by atoms with Crippen molar-refractivity contribution >= 4 is 53.4 Å². The fourth-order valence-electron chi connectivity index (χ4n) is 1.42. The van der Waals surface area contributed by atoms with Gasteiger partial charge >= 0.3 is 0 Å². The number of pyridine rings is 1. The van der Waals surface area contributed by atoms with E-state index in [1.54, 1.807) is 0 Å². The Balaban J connectivity index is 2.46. The number of nitrogens with two attached hydrogens (primary N) is 1. The molecule has 3 N–H and O–H groups in total. The summed E-state index contributed by atoms with van der Waals surface area (Å²) in [7, 11) is -3.97. The van der Waals surface area contributed by atoms with Crippen LogP contribution in [-0.2, 0) is 10.0 Å². The van der Waals surface area contributed by atoms with Crippen molar-refractivity contribution in [3.63, 3.8) is 0 Å². The molecule has 2 rings (SSSR count). The Hall–Kier alpha value is -1.19. The smallest absolute Gasteiger partial charge is 0.265 e. The summed E-state index contributed by atoms with van der Waals surface area (Å²) in [5.41, 5.74) is 5.63. The van der Waals surface area contributed by atoms with Crippen molar-refractivity contribution in [1.29, 1.82) is 0 Å². The van der Waals surface area contributed by atoms with Gasteiger partial charge in [-0.15, -0.1) is 0 Å². The maximum atomic E-state index is 13.2. The maximum Gasteiger partial charge on any atom is 0.265 e. The summed E-state index contributed by atoms with van der Waals surface area (Å²) < 4.78 is 40.8. The third-order valence-electron chi connectivity index (χ3n) is 2.31. The second kappa shape index (κ2) is 5.66. The summed E-state index contributed by atoms with van der Waals surface area (Å²) in [6.07, 6.45) is 1.38. The van der Waals surface area contributed by atoms with Gasteiger partial charge in [-0.25, -0.2) is 17.8 Å². The number of anilines is 2. The Morgan fingerprint density at radius 1 is 1.25 bits per heavy atom. The van der Waals surface area contributed by atoms with Crippen LogP contribution < -0.4 is 10.5 Å². The first kappa shape index (κ1) is 15.2. The van der Waals surface area contributed by atoms with Crippen LogP contribution in [0.25, 0.3) is 0 Å². The topological polar surface area (TPSA) is 85.1 Å². The number of nitrogens with zero attached hydrogens (tertiary/aromatic N) is 1. The monoisotopic (exact) mass is 423 g/mol. The van der Waals surface area contributed by atoms with E-state index in [2.05, 4.69) is 41.6 Å². The SMILES string of the molecule is Nc1ncc(Br)cc1S(=O)(=O)Nc1cc(F)ccc1Br. The van der Waals surface area contributed by atoms with Gasteiger partial charge in [-0.3, -0.25) is 4.72 Å². The Labute approximate surface area is 131 Å². The van der Waals surface area contributed by atoms with E-state index in [0.717, 1.165) is 6.07 Å². The van der Waals surface area contributed by atoms with Crippen LogP contribution in [0.4, 0.5) is 15.9 Å². The highest BCUT2D eigenvalue weighted by Gasteiger charge is 2.20. The normalized spacial score (nSPS) is 11.3. The van der Waals surface area contributed by atoms with Crippen molar-refractivity contribution in [2.45, 2.75) is 4.90 Å². The number of nitrogen functional groups attached to an aromatic ring is 1. The number of hydrogen-bond donors (Lipinski definition) is 2. The molecule has 0 bridgehead atoms. The van der Waals surface area contributed by atoms with Gasteiger partial charge in [0.2, 0.25) is 0 Å². The van der Waals surface area contributed by atoms with Crippen LogP contribution in [0.1, 0.15) is 0 Å². The predicted molar refractivity (Wildman–Crippen MR) is 81.3 cm³/mol. The fraction of sp³-hybridized carbons (Fsp3) is 0. The van der Waals surface area contributed by atoms with E-state index in [4.69, 9.17) is 5.73 Å². The van der Waals surface area contributed by atoms with Crippen molar-refractivity contribution in [2.75, 3.05) is 10.5 Å². The lowest BCUT2D eigenvalue weighted by Crippen LogP contribution is -2.16. The van der Waals surface area contributed by atoms with Crippen molar-refractivity contribution in [1.82, 2.24) is 4.98 Å². The van der Waals surface area contributed by atoms with Crippen LogP contribution in [0.3, 0.4) is 0 Å². The van der Waals surface area contributed by atoms with Crippen LogP contribution in [0.2, 0.25) is 0 Å². The van der Waals surface area contributed by atoms with E-state index < -0.39 is 15.8 Å². The van der Waals surface area contributed by atoms with Crippen molar-refractivity contribution < 1.29 is 12.8 Å². The molecular formula is C11H8Br2FN3O2S. The zero-order chi connectivity index (χ0) is 14.9. The van der Waals surface area contributed by atoms with Crippen LogP contribution in [0.5, 0.6) is 0 Å². The molecule has 0 spiro atoms. The van der Waals surface area contributed by atoms with Gasteiger partial charge in [0.05, 0.1) is 5.69 Å². The average molecular weight is 425 g/mol. The lowest BCUT2D eigenvalue weighted by molar-refractivity contribution is 0.601. The van der Waals surface area contributed by atoms with Crippen LogP contribution in [0.15, 0.2) is 44.3 Å². The third kappa shape index (κ3) is 3.28. The second-order valence-electron chi connectivity index (χ2n) is 3.77. The summed E-state index contributed by atoms with van der Waals surface area (Å²) in [5.74, 6) is -0.709. The van der Waals surface area contributed by atoms with E-state index in [1.807, 2.05) is 0 Å². The second-order valence-corrected chi connectivity index (χ2v) is 7.19. The number of benzene rings is 1. The average Bonchev–Trinajstić information content (AvgIpc) is 2.36. The van der Waals surface area contributed by atoms with Gasteiger partial charge in [-0.2, -0.15) is 0 Å². The number of aromatic nitrogens is 1. The largest absolute Gasteiger partial charge is 0.383 e. The molecule has 0 aliphatic heterocycles. The van der Waals surface area contributed by atoms with E-state index in [9.17, 15) is 12.8 Å². The molecule has 1 aromatic carbocycles. The highest BCUT2D eigenvalue weighted by molar-refractivity contribution is 9.10. The van der Waals surface area contributed by atoms with Gasteiger partial charge in [0.15, 0.2) is 0 Å². The molecule has 0 amide bonds. The standard InChI is InChI=1S/C11H8Br2FN3O2S/c12-6-3-10(11(15)16-5-6)20(18,19)17-9-4-7(14)1-2-8(9)13/h1-5,17H,(H2,15,16). The molecule has 2 aromatic rings. The number of sulfonamides is 1. The molecule has 5 nitrogen and oxygen atoms in total. The molecule has 0 atom stereocenters. The minimum atomic E-state index is -3.97. The van der Waals surface area contributed by atoms with Crippen molar-refractivity contribution in [3.05, 3.63) is 45.2 Å². The van der Waals surface area contributed by atoms with E-state index in [0.29, 0.717) is 8.95 Å². The van der Waals surface area contributed by atoms with Crippen molar-refractivity contribution in [3.8, 4) is 0 Å². The molecule has 1 heterocycles. The molecule has 0 radical (unpaired) electrons. The molecule has 106 valence electrons. The molecule has 20 heavy (non-hydrogen) atoms. The van der Waals surface area contributed by atoms with Crippen LogP contribution in [-0.4, -0.2) is 13.4 Å². The molecule has 1 aromatic heterocycles. The first-order valence-electron chi connectivity index (χ1n) is 5.18. The molecule has 9 heteroatoms. The van der Waals surface area contributed by atoms with Crippen LogP contribution in [0, 0.1) is 5.82 Å². The fourth-order valence-corrected chi connectivity index (χ4v) is 3.56. The molecule has 0 fully saturated rings. The molecule has 0 aliphatic rings. The van der Waals surface area contributed by atoms with Gasteiger partial charge in [-0.05, 0) is 56.1 Å². The summed E-state index contributed by atoms with van der Waals surface area (Å²) in [6.45, 7) is 0. The third-order valence-corrected chi connectivity index (χ3v) is 4.83. The van der Waals surface area contributed by atoms with Gasteiger partial charge in [0.1, 0.15) is 16.5 Å². The summed E-state index contributed by atoms with van der Waals surface area (Å²) in [6, 6.07) is 4.98.